The summed E-state index contributed by atoms with van der Waals surface area (Å²) in [5.41, 5.74) is 0. The predicted octanol–water partition coefficient (Wildman–Crippen LogP) is 3.81. The monoisotopic (exact) mass is 253 g/mol. The Morgan fingerprint density at radius 1 is 1.00 bits per heavy atom. The molecule has 0 aliphatic heterocycles. The third-order valence-corrected chi connectivity index (χ3v) is 3.15. The standard InChI is InChI=1S/C14H27N3O/c1-5-8-12(9-6-2)14-17-16-13(18-14)11(4)15-10-7-3/h11-12,15H,5-10H2,1-4H3. The number of aromatic nitrogens is 2. The van der Waals surface area contributed by atoms with E-state index >= 15 is 0 Å². The Labute approximate surface area is 111 Å². The van der Waals surface area contributed by atoms with E-state index < -0.39 is 0 Å². The Kier molecular flexibility index (Phi) is 6.94. The van der Waals surface area contributed by atoms with Crippen LogP contribution in [0.5, 0.6) is 0 Å². The van der Waals surface area contributed by atoms with Crippen molar-refractivity contribution in [1.82, 2.24) is 15.5 Å². The summed E-state index contributed by atoms with van der Waals surface area (Å²) in [7, 11) is 0. The zero-order valence-electron chi connectivity index (χ0n) is 12.2. The molecular weight excluding hydrogens is 226 g/mol. The van der Waals surface area contributed by atoms with Crippen LogP contribution in [0, 0.1) is 0 Å². The van der Waals surface area contributed by atoms with Gasteiger partial charge in [-0.15, -0.1) is 10.2 Å². The van der Waals surface area contributed by atoms with Gasteiger partial charge in [-0.05, 0) is 32.7 Å². The molecule has 0 saturated heterocycles. The third-order valence-electron chi connectivity index (χ3n) is 3.15. The van der Waals surface area contributed by atoms with E-state index in [1.54, 1.807) is 0 Å². The van der Waals surface area contributed by atoms with Crippen molar-refractivity contribution in [1.29, 1.82) is 0 Å². The van der Waals surface area contributed by atoms with Crippen LogP contribution in [0.1, 0.15) is 83.5 Å². The fourth-order valence-electron chi connectivity index (χ4n) is 2.12. The molecule has 0 saturated carbocycles. The lowest BCUT2D eigenvalue weighted by molar-refractivity contribution is 0.359. The van der Waals surface area contributed by atoms with Crippen LogP contribution >= 0.6 is 0 Å². The van der Waals surface area contributed by atoms with Crippen molar-refractivity contribution < 1.29 is 4.42 Å². The minimum absolute atomic E-state index is 0.148. The fourth-order valence-corrected chi connectivity index (χ4v) is 2.12. The second kappa shape index (κ2) is 8.25. The van der Waals surface area contributed by atoms with Gasteiger partial charge in [0.2, 0.25) is 11.8 Å². The molecule has 1 aromatic rings. The highest BCUT2D eigenvalue weighted by atomic mass is 16.4. The van der Waals surface area contributed by atoms with Gasteiger partial charge >= 0.3 is 0 Å². The number of nitrogens with one attached hydrogen (secondary N) is 1. The highest BCUT2D eigenvalue weighted by Crippen LogP contribution is 2.26. The van der Waals surface area contributed by atoms with Gasteiger partial charge in [0.15, 0.2) is 0 Å². The van der Waals surface area contributed by atoms with Crippen LogP contribution in [0.3, 0.4) is 0 Å². The average Bonchev–Trinajstić information content (AvgIpc) is 2.85. The first-order valence-corrected chi connectivity index (χ1v) is 7.29. The van der Waals surface area contributed by atoms with E-state index in [-0.39, 0.29) is 6.04 Å². The maximum absolute atomic E-state index is 5.83. The Hall–Kier alpha value is -0.900. The quantitative estimate of drug-likeness (QED) is 0.727. The fraction of sp³-hybridized carbons (Fsp3) is 0.857. The van der Waals surface area contributed by atoms with E-state index in [4.69, 9.17) is 4.42 Å². The molecule has 0 aliphatic carbocycles. The predicted molar refractivity (Wildman–Crippen MR) is 73.6 cm³/mol. The van der Waals surface area contributed by atoms with Crippen molar-refractivity contribution in [3.05, 3.63) is 11.8 Å². The zero-order valence-corrected chi connectivity index (χ0v) is 12.2. The topological polar surface area (TPSA) is 51.0 Å². The summed E-state index contributed by atoms with van der Waals surface area (Å²) in [5, 5.41) is 11.8. The first-order chi connectivity index (χ1) is 8.72. The van der Waals surface area contributed by atoms with E-state index in [0.29, 0.717) is 5.92 Å². The molecule has 1 heterocycles. The van der Waals surface area contributed by atoms with E-state index in [1.807, 2.05) is 0 Å². The molecule has 104 valence electrons. The Morgan fingerprint density at radius 2 is 1.61 bits per heavy atom. The first-order valence-electron chi connectivity index (χ1n) is 7.29. The molecule has 4 heteroatoms. The van der Waals surface area contributed by atoms with Crippen molar-refractivity contribution >= 4 is 0 Å². The van der Waals surface area contributed by atoms with Crippen molar-refractivity contribution in [3.63, 3.8) is 0 Å². The van der Waals surface area contributed by atoms with Crippen molar-refractivity contribution in [2.24, 2.45) is 0 Å². The van der Waals surface area contributed by atoms with Crippen LogP contribution in [0.15, 0.2) is 4.42 Å². The van der Waals surface area contributed by atoms with Crippen molar-refractivity contribution in [2.45, 2.75) is 71.8 Å². The van der Waals surface area contributed by atoms with Gasteiger partial charge in [-0.3, -0.25) is 0 Å². The molecule has 0 spiro atoms. The van der Waals surface area contributed by atoms with Crippen LogP contribution in [-0.2, 0) is 0 Å². The van der Waals surface area contributed by atoms with Crippen LogP contribution in [0.2, 0.25) is 0 Å². The molecule has 0 aliphatic rings. The van der Waals surface area contributed by atoms with Crippen LogP contribution in [0.4, 0.5) is 0 Å². The SMILES string of the molecule is CCCNC(C)c1nnc(C(CCC)CCC)o1. The van der Waals surface area contributed by atoms with Gasteiger partial charge in [-0.1, -0.05) is 33.6 Å². The second-order valence-electron chi connectivity index (χ2n) is 4.93. The summed E-state index contributed by atoms with van der Waals surface area (Å²) in [6.45, 7) is 9.60. The van der Waals surface area contributed by atoms with Gasteiger partial charge < -0.3 is 9.73 Å². The minimum Gasteiger partial charge on any atom is -0.423 e. The normalized spacial score (nSPS) is 13.2. The van der Waals surface area contributed by atoms with Crippen LogP contribution in [-0.4, -0.2) is 16.7 Å². The number of rotatable bonds is 9. The largest absolute Gasteiger partial charge is 0.423 e. The lowest BCUT2D eigenvalue weighted by atomic mass is 9.98. The lowest BCUT2D eigenvalue weighted by Crippen LogP contribution is -2.19. The summed E-state index contributed by atoms with van der Waals surface area (Å²) in [6.07, 6.45) is 5.69. The highest BCUT2D eigenvalue weighted by Gasteiger charge is 2.19. The lowest BCUT2D eigenvalue weighted by Gasteiger charge is -2.11. The molecule has 0 amide bonds. The molecule has 1 rings (SSSR count). The highest BCUT2D eigenvalue weighted by molar-refractivity contribution is 4.94. The first kappa shape index (κ1) is 15.2. The summed E-state index contributed by atoms with van der Waals surface area (Å²) in [5.74, 6) is 1.97. The van der Waals surface area contributed by atoms with Crippen molar-refractivity contribution in [2.75, 3.05) is 6.54 Å². The van der Waals surface area contributed by atoms with Crippen molar-refractivity contribution in [3.8, 4) is 0 Å². The molecule has 0 bridgehead atoms. The van der Waals surface area contributed by atoms with Gasteiger partial charge in [-0.2, -0.15) is 0 Å². The van der Waals surface area contributed by atoms with E-state index in [2.05, 4.69) is 43.2 Å². The van der Waals surface area contributed by atoms with Gasteiger partial charge in [0, 0.05) is 5.92 Å². The van der Waals surface area contributed by atoms with Gasteiger partial charge in [0.1, 0.15) is 0 Å². The number of hydrogen-bond acceptors (Lipinski definition) is 4. The molecule has 1 N–H and O–H groups in total. The Bertz CT molecular complexity index is 319. The average molecular weight is 253 g/mol. The van der Waals surface area contributed by atoms with Crippen LogP contribution in [0.25, 0.3) is 0 Å². The zero-order chi connectivity index (χ0) is 13.4. The van der Waals surface area contributed by atoms with Crippen LogP contribution < -0.4 is 5.32 Å². The summed E-state index contributed by atoms with van der Waals surface area (Å²) < 4.78 is 5.83. The summed E-state index contributed by atoms with van der Waals surface area (Å²) >= 11 is 0. The Balaban J connectivity index is 2.64. The maximum atomic E-state index is 5.83. The minimum atomic E-state index is 0.148. The molecule has 4 nitrogen and oxygen atoms in total. The molecule has 1 aromatic heterocycles. The molecule has 0 fully saturated rings. The molecule has 0 radical (unpaired) electrons. The smallest absolute Gasteiger partial charge is 0.233 e. The molecule has 18 heavy (non-hydrogen) atoms. The summed E-state index contributed by atoms with van der Waals surface area (Å²) in [6, 6.07) is 0.148. The van der Waals surface area contributed by atoms with Gasteiger partial charge in [0.25, 0.3) is 0 Å². The van der Waals surface area contributed by atoms with Gasteiger partial charge in [0.05, 0.1) is 6.04 Å². The molecule has 1 atom stereocenters. The number of hydrogen-bond donors (Lipinski definition) is 1. The molecule has 0 aromatic carbocycles. The Morgan fingerprint density at radius 3 is 2.17 bits per heavy atom. The third kappa shape index (κ3) is 4.41. The van der Waals surface area contributed by atoms with E-state index in [9.17, 15) is 0 Å². The van der Waals surface area contributed by atoms with E-state index in [1.165, 1.54) is 0 Å². The molecular formula is C14H27N3O. The number of nitrogens with zero attached hydrogens (tertiary/aromatic N) is 2. The summed E-state index contributed by atoms with van der Waals surface area (Å²) in [4.78, 5) is 0. The second-order valence-corrected chi connectivity index (χ2v) is 4.93. The maximum Gasteiger partial charge on any atom is 0.233 e. The van der Waals surface area contributed by atoms with E-state index in [0.717, 1.165) is 50.4 Å². The van der Waals surface area contributed by atoms with Gasteiger partial charge in [-0.25, -0.2) is 0 Å². The molecule has 1 unspecified atom stereocenters.